The van der Waals surface area contributed by atoms with Crippen LogP contribution in [0.4, 0.5) is 0 Å². The Bertz CT molecular complexity index is 1020. The van der Waals surface area contributed by atoms with Crippen LogP contribution in [-0.4, -0.2) is 23.0 Å². The topological polar surface area (TPSA) is 59.0 Å². The van der Waals surface area contributed by atoms with E-state index in [0.717, 1.165) is 39.2 Å². The van der Waals surface area contributed by atoms with Crippen LogP contribution in [0.1, 0.15) is 24.0 Å². The van der Waals surface area contributed by atoms with Gasteiger partial charge in [-0.05, 0) is 69.9 Å². The highest BCUT2D eigenvalue weighted by Crippen LogP contribution is 2.49. The lowest BCUT2D eigenvalue weighted by atomic mass is 9.63. The summed E-state index contributed by atoms with van der Waals surface area (Å²) in [6, 6.07) is 15.5. The molecule has 1 heterocycles. The quantitative estimate of drug-likeness (QED) is 0.370. The number of allylic oxidation sites excluding steroid dienone is 2. The number of carbonyl (C=O) groups is 2. The van der Waals surface area contributed by atoms with Crippen LogP contribution in [-0.2, 0) is 16.2 Å². The number of fused-ring (bicyclic) bond motifs is 1. The number of carbonyl (C=O) groups excluding carboxylic acids is 2. The van der Waals surface area contributed by atoms with E-state index in [1.807, 2.05) is 48.5 Å². The fourth-order valence-corrected chi connectivity index (χ4v) is 5.26. The van der Waals surface area contributed by atoms with Crippen molar-refractivity contribution >= 4 is 34.0 Å². The first-order valence-electron chi connectivity index (χ1n) is 10.2. The highest BCUT2D eigenvalue weighted by molar-refractivity contribution is 9.10. The van der Waals surface area contributed by atoms with Gasteiger partial charge < -0.3 is 4.74 Å². The van der Waals surface area contributed by atoms with Gasteiger partial charge in [-0.25, -0.2) is 0 Å². The number of benzene rings is 2. The Morgan fingerprint density at radius 2 is 1.67 bits per heavy atom. The third-order valence-corrected chi connectivity index (χ3v) is 6.87. The minimum atomic E-state index is -0.237. The average Bonchev–Trinajstić information content (AvgIpc) is 3.05. The summed E-state index contributed by atoms with van der Waals surface area (Å²) in [6.45, 7) is 0.475. The highest BCUT2D eigenvalue weighted by atomic mass is 79.9. The van der Waals surface area contributed by atoms with Gasteiger partial charge in [0.1, 0.15) is 12.4 Å². The Hall–Kier alpha value is -2.73. The standard InChI is InChI=1S/C24H21BrN2O3/c25-19-12-16(6-11-20(19)30-14-15-4-2-1-3-5-15)13-26-27-23(28)21-17-7-8-18(10-9-17)22(21)24(27)29/h1-8,11-13,17-18,21-22H,9-10,14H2/b26-13-/t17-,18-,21-,22+/m0/s1. The molecule has 2 fully saturated rings. The Kier molecular flexibility index (Phi) is 5.03. The molecule has 6 heteroatoms. The predicted octanol–water partition coefficient (Wildman–Crippen LogP) is 4.56. The van der Waals surface area contributed by atoms with Gasteiger partial charge in [-0.3, -0.25) is 9.59 Å². The molecule has 1 saturated heterocycles. The van der Waals surface area contributed by atoms with Gasteiger partial charge in [0.2, 0.25) is 0 Å². The first-order chi connectivity index (χ1) is 14.6. The molecular weight excluding hydrogens is 444 g/mol. The smallest absolute Gasteiger partial charge is 0.254 e. The molecule has 30 heavy (non-hydrogen) atoms. The lowest BCUT2D eigenvalue weighted by Gasteiger charge is -2.37. The molecule has 0 radical (unpaired) electrons. The summed E-state index contributed by atoms with van der Waals surface area (Å²) in [5.74, 6) is 0.263. The van der Waals surface area contributed by atoms with Gasteiger partial charge in [0.25, 0.3) is 11.8 Å². The van der Waals surface area contributed by atoms with Gasteiger partial charge in [0.05, 0.1) is 22.5 Å². The number of hydrogen-bond acceptors (Lipinski definition) is 4. The van der Waals surface area contributed by atoms with Gasteiger partial charge in [-0.1, -0.05) is 42.5 Å². The lowest BCUT2D eigenvalue weighted by Crippen LogP contribution is -2.38. The van der Waals surface area contributed by atoms with Crippen LogP contribution >= 0.6 is 15.9 Å². The monoisotopic (exact) mass is 464 g/mol. The van der Waals surface area contributed by atoms with Crippen molar-refractivity contribution in [1.29, 1.82) is 0 Å². The summed E-state index contributed by atoms with van der Waals surface area (Å²) in [5.41, 5.74) is 1.87. The Balaban J connectivity index is 1.28. The summed E-state index contributed by atoms with van der Waals surface area (Å²) in [7, 11) is 0. The van der Waals surface area contributed by atoms with Gasteiger partial charge in [0, 0.05) is 0 Å². The van der Waals surface area contributed by atoms with Crippen LogP contribution in [0.15, 0.2) is 70.3 Å². The van der Waals surface area contributed by atoms with Crippen LogP contribution in [0.5, 0.6) is 5.75 Å². The van der Waals surface area contributed by atoms with E-state index in [4.69, 9.17) is 4.74 Å². The number of hydrazone groups is 1. The number of imide groups is 1. The molecule has 1 saturated carbocycles. The van der Waals surface area contributed by atoms with Crippen molar-refractivity contribution in [2.24, 2.45) is 28.8 Å². The fourth-order valence-electron chi connectivity index (χ4n) is 4.75. The molecule has 0 unspecified atom stereocenters. The maximum absolute atomic E-state index is 12.8. The molecule has 2 amide bonds. The summed E-state index contributed by atoms with van der Waals surface area (Å²) in [6.07, 6.45) is 7.75. The molecule has 152 valence electrons. The number of rotatable bonds is 5. The SMILES string of the molecule is O=C1[C@@H]2[C@H](C(=O)N1/N=C\c1ccc(OCc3ccccc3)c(Br)c1)[C@H]1C=C[C@H]2CC1. The lowest BCUT2D eigenvalue weighted by molar-refractivity contribution is -0.140. The largest absolute Gasteiger partial charge is 0.488 e. The van der Waals surface area contributed by atoms with Crippen molar-refractivity contribution in [3.05, 3.63) is 76.3 Å². The molecule has 1 aliphatic heterocycles. The van der Waals surface area contributed by atoms with Crippen LogP contribution in [0.3, 0.4) is 0 Å². The van der Waals surface area contributed by atoms with E-state index in [2.05, 4.69) is 33.2 Å². The van der Waals surface area contributed by atoms with Crippen LogP contribution in [0.2, 0.25) is 0 Å². The molecule has 6 rings (SSSR count). The number of ether oxygens (including phenoxy) is 1. The van der Waals surface area contributed by atoms with E-state index in [-0.39, 0.29) is 35.5 Å². The summed E-state index contributed by atoms with van der Waals surface area (Å²) >= 11 is 3.53. The molecule has 0 aromatic heterocycles. The molecule has 0 spiro atoms. The van der Waals surface area contributed by atoms with Crippen LogP contribution < -0.4 is 4.74 Å². The van der Waals surface area contributed by atoms with Gasteiger partial charge in [0.15, 0.2) is 0 Å². The fraction of sp³-hybridized carbons (Fsp3) is 0.292. The Labute approximate surface area is 183 Å². The van der Waals surface area contributed by atoms with Crippen molar-refractivity contribution in [2.45, 2.75) is 19.4 Å². The average molecular weight is 465 g/mol. The van der Waals surface area contributed by atoms with E-state index >= 15 is 0 Å². The zero-order chi connectivity index (χ0) is 20.7. The maximum atomic E-state index is 12.8. The normalized spacial score (nSPS) is 27.2. The van der Waals surface area contributed by atoms with Crippen molar-refractivity contribution in [3.8, 4) is 5.75 Å². The Morgan fingerprint density at radius 3 is 2.27 bits per heavy atom. The van der Waals surface area contributed by atoms with E-state index in [1.54, 1.807) is 6.21 Å². The number of halogens is 1. The zero-order valence-corrected chi connectivity index (χ0v) is 17.9. The number of nitrogens with zero attached hydrogens (tertiary/aromatic N) is 2. The molecule has 2 bridgehead atoms. The van der Waals surface area contributed by atoms with E-state index in [1.165, 1.54) is 0 Å². The third kappa shape index (κ3) is 3.39. The first-order valence-corrected chi connectivity index (χ1v) is 11.0. The molecule has 4 atom stereocenters. The highest BCUT2D eigenvalue weighted by Gasteiger charge is 2.56. The van der Waals surface area contributed by atoms with Gasteiger partial charge in [-0.15, -0.1) is 0 Å². The van der Waals surface area contributed by atoms with Gasteiger partial charge >= 0.3 is 0 Å². The second-order valence-electron chi connectivity index (χ2n) is 8.04. The number of hydrogen-bond donors (Lipinski definition) is 0. The minimum Gasteiger partial charge on any atom is -0.488 e. The van der Waals surface area contributed by atoms with E-state index < -0.39 is 0 Å². The van der Waals surface area contributed by atoms with Crippen molar-refractivity contribution in [2.75, 3.05) is 0 Å². The second-order valence-corrected chi connectivity index (χ2v) is 8.89. The Morgan fingerprint density at radius 1 is 1.00 bits per heavy atom. The zero-order valence-electron chi connectivity index (χ0n) is 16.3. The van der Waals surface area contributed by atoms with E-state index in [0.29, 0.717) is 6.61 Å². The first kappa shape index (κ1) is 19.2. The summed E-state index contributed by atoms with van der Waals surface area (Å²) in [4.78, 5) is 25.7. The van der Waals surface area contributed by atoms with Crippen molar-refractivity contribution in [1.82, 2.24) is 5.01 Å². The predicted molar refractivity (Wildman–Crippen MR) is 117 cm³/mol. The molecule has 2 aromatic rings. The second kappa shape index (κ2) is 7.84. The van der Waals surface area contributed by atoms with Crippen molar-refractivity contribution in [3.63, 3.8) is 0 Å². The minimum absolute atomic E-state index is 0.165. The van der Waals surface area contributed by atoms with Crippen LogP contribution in [0, 0.1) is 23.7 Å². The summed E-state index contributed by atoms with van der Waals surface area (Å²) < 4.78 is 6.66. The molecule has 3 aliphatic carbocycles. The molecule has 4 aliphatic rings. The van der Waals surface area contributed by atoms with Gasteiger partial charge in [-0.2, -0.15) is 10.1 Å². The number of amides is 2. The van der Waals surface area contributed by atoms with Crippen molar-refractivity contribution < 1.29 is 14.3 Å². The molecule has 2 aromatic carbocycles. The summed E-state index contributed by atoms with van der Waals surface area (Å²) in [5, 5.41) is 5.35. The molecule has 0 N–H and O–H groups in total. The molecule has 5 nitrogen and oxygen atoms in total. The van der Waals surface area contributed by atoms with Crippen LogP contribution in [0.25, 0.3) is 0 Å². The molecular formula is C24H21BrN2O3. The maximum Gasteiger partial charge on any atom is 0.254 e. The van der Waals surface area contributed by atoms with E-state index in [9.17, 15) is 9.59 Å². The third-order valence-electron chi connectivity index (χ3n) is 6.25.